The zero-order valence-corrected chi connectivity index (χ0v) is 12.9. The molecule has 0 saturated carbocycles. The van der Waals surface area contributed by atoms with Gasteiger partial charge in [0.15, 0.2) is 0 Å². The van der Waals surface area contributed by atoms with E-state index in [1.807, 2.05) is 6.92 Å². The Bertz CT molecular complexity index is 501. The van der Waals surface area contributed by atoms with Gasteiger partial charge in [0.25, 0.3) is 0 Å². The van der Waals surface area contributed by atoms with Gasteiger partial charge >= 0.3 is 0 Å². The molecule has 20 heavy (non-hydrogen) atoms. The average Bonchev–Trinajstić information content (AvgIpc) is 2.37. The third-order valence-corrected chi connectivity index (χ3v) is 4.39. The second kappa shape index (κ2) is 7.51. The highest BCUT2D eigenvalue weighted by Crippen LogP contribution is 2.12. The Balaban J connectivity index is 2.59. The molecule has 7 nitrogen and oxygen atoms in total. The topological polar surface area (TPSA) is 110 Å². The Morgan fingerprint density at radius 2 is 1.80 bits per heavy atom. The van der Waals surface area contributed by atoms with Crippen molar-refractivity contribution < 1.29 is 8.42 Å². The molecule has 114 valence electrons. The molecule has 0 aromatic carbocycles. The molecular formula is C12H23N5O2S. The zero-order valence-electron chi connectivity index (χ0n) is 12.1. The van der Waals surface area contributed by atoms with Gasteiger partial charge in [-0.2, -0.15) is 0 Å². The Morgan fingerprint density at radius 3 is 2.30 bits per heavy atom. The van der Waals surface area contributed by atoms with Crippen molar-refractivity contribution in [2.75, 3.05) is 5.43 Å². The maximum Gasteiger partial charge on any atom is 0.243 e. The highest BCUT2D eigenvalue weighted by molar-refractivity contribution is 7.89. The van der Waals surface area contributed by atoms with Crippen molar-refractivity contribution in [3.8, 4) is 0 Å². The van der Waals surface area contributed by atoms with Crippen molar-refractivity contribution in [1.82, 2.24) is 14.7 Å². The van der Waals surface area contributed by atoms with Crippen LogP contribution in [0.4, 0.5) is 5.95 Å². The Morgan fingerprint density at radius 1 is 1.20 bits per heavy atom. The largest absolute Gasteiger partial charge is 0.292 e. The number of nitrogen functional groups attached to an aromatic ring is 1. The number of hydrazine groups is 1. The molecule has 1 aromatic heterocycles. The highest BCUT2D eigenvalue weighted by Gasteiger charge is 2.18. The van der Waals surface area contributed by atoms with Crippen LogP contribution in [0.1, 0.15) is 40.0 Å². The smallest absolute Gasteiger partial charge is 0.243 e. The molecule has 0 aliphatic carbocycles. The lowest BCUT2D eigenvalue weighted by Gasteiger charge is -2.14. The highest BCUT2D eigenvalue weighted by atomic mass is 32.2. The van der Waals surface area contributed by atoms with Crippen LogP contribution in [0.2, 0.25) is 0 Å². The van der Waals surface area contributed by atoms with E-state index in [0.29, 0.717) is 5.92 Å². The van der Waals surface area contributed by atoms with Gasteiger partial charge in [-0.15, -0.1) is 0 Å². The van der Waals surface area contributed by atoms with Gasteiger partial charge < -0.3 is 0 Å². The number of nitrogens with two attached hydrogens (primary N) is 1. The van der Waals surface area contributed by atoms with Gasteiger partial charge in [0, 0.05) is 6.04 Å². The third-order valence-electron chi connectivity index (χ3n) is 2.84. The second-order valence-corrected chi connectivity index (χ2v) is 6.95. The van der Waals surface area contributed by atoms with Gasteiger partial charge in [-0.3, -0.25) is 5.43 Å². The van der Waals surface area contributed by atoms with E-state index in [1.165, 1.54) is 12.4 Å². The van der Waals surface area contributed by atoms with Gasteiger partial charge in [0.2, 0.25) is 16.0 Å². The number of nitrogens with one attached hydrogen (secondary N) is 2. The van der Waals surface area contributed by atoms with E-state index in [4.69, 9.17) is 5.84 Å². The van der Waals surface area contributed by atoms with E-state index < -0.39 is 10.0 Å². The van der Waals surface area contributed by atoms with Crippen molar-refractivity contribution >= 4 is 16.0 Å². The van der Waals surface area contributed by atoms with E-state index >= 15 is 0 Å². The lowest BCUT2D eigenvalue weighted by atomic mass is 10.0. The Hall–Kier alpha value is -1.25. The van der Waals surface area contributed by atoms with Crippen molar-refractivity contribution in [2.24, 2.45) is 11.8 Å². The van der Waals surface area contributed by atoms with Gasteiger partial charge in [-0.05, 0) is 19.3 Å². The fourth-order valence-electron chi connectivity index (χ4n) is 1.75. The van der Waals surface area contributed by atoms with Gasteiger partial charge in [-0.1, -0.05) is 26.7 Å². The van der Waals surface area contributed by atoms with Crippen LogP contribution in [-0.4, -0.2) is 24.4 Å². The molecule has 4 N–H and O–H groups in total. The summed E-state index contributed by atoms with van der Waals surface area (Å²) in [5.74, 6) is 5.93. The van der Waals surface area contributed by atoms with Crippen LogP contribution in [0.5, 0.6) is 0 Å². The predicted octanol–water partition coefficient (Wildman–Crippen LogP) is 1.26. The number of aromatic nitrogens is 2. The van der Waals surface area contributed by atoms with E-state index in [-0.39, 0.29) is 16.9 Å². The molecule has 0 aliphatic heterocycles. The van der Waals surface area contributed by atoms with Gasteiger partial charge in [0.05, 0.1) is 12.4 Å². The molecule has 1 unspecified atom stereocenters. The molecule has 8 heteroatoms. The lowest BCUT2D eigenvalue weighted by Crippen LogP contribution is -2.32. The minimum absolute atomic E-state index is 0.0345. The van der Waals surface area contributed by atoms with Crippen LogP contribution in [0.15, 0.2) is 17.3 Å². The monoisotopic (exact) mass is 301 g/mol. The average molecular weight is 301 g/mol. The normalized spacial score (nSPS) is 13.4. The fourth-order valence-corrected chi connectivity index (χ4v) is 2.92. The molecule has 0 fully saturated rings. The molecule has 0 spiro atoms. The first kappa shape index (κ1) is 16.8. The summed E-state index contributed by atoms with van der Waals surface area (Å²) in [6, 6.07) is -0.119. The zero-order chi connectivity index (χ0) is 15.2. The molecule has 0 saturated heterocycles. The molecule has 0 amide bonds. The van der Waals surface area contributed by atoms with E-state index in [1.54, 1.807) is 0 Å². The first-order valence-electron chi connectivity index (χ1n) is 6.66. The van der Waals surface area contributed by atoms with Crippen LogP contribution in [0.3, 0.4) is 0 Å². The summed E-state index contributed by atoms with van der Waals surface area (Å²) >= 11 is 0. The van der Waals surface area contributed by atoms with E-state index in [9.17, 15) is 8.42 Å². The number of hydrogen-bond donors (Lipinski definition) is 3. The number of hydrogen-bond acceptors (Lipinski definition) is 6. The summed E-state index contributed by atoms with van der Waals surface area (Å²) in [5.41, 5.74) is 2.25. The Labute approximate surface area is 120 Å². The summed E-state index contributed by atoms with van der Waals surface area (Å²) in [5, 5.41) is 0. The number of anilines is 1. The standard InChI is InChI=1S/C12H23N5O2S/c1-9(2)5-4-6-10(3)17-20(18,19)11-7-14-12(16-13)15-8-11/h7-10,17H,4-6,13H2,1-3H3,(H,14,15,16). The van der Waals surface area contributed by atoms with Crippen molar-refractivity contribution in [2.45, 2.75) is 51.0 Å². The predicted molar refractivity (Wildman–Crippen MR) is 78.3 cm³/mol. The maximum atomic E-state index is 12.1. The number of sulfonamides is 1. The summed E-state index contributed by atoms with van der Waals surface area (Å²) in [4.78, 5) is 7.61. The lowest BCUT2D eigenvalue weighted by molar-refractivity contribution is 0.488. The van der Waals surface area contributed by atoms with Gasteiger partial charge in [0.1, 0.15) is 4.90 Å². The summed E-state index contributed by atoms with van der Waals surface area (Å²) in [6.07, 6.45) is 5.34. The minimum atomic E-state index is -3.58. The molecule has 0 radical (unpaired) electrons. The van der Waals surface area contributed by atoms with Crippen molar-refractivity contribution in [1.29, 1.82) is 0 Å². The molecular weight excluding hydrogens is 278 g/mol. The maximum absolute atomic E-state index is 12.1. The molecule has 1 aromatic rings. The van der Waals surface area contributed by atoms with Crippen LogP contribution in [-0.2, 0) is 10.0 Å². The summed E-state index contributed by atoms with van der Waals surface area (Å²) in [7, 11) is -3.58. The number of rotatable bonds is 8. The molecule has 0 bridgehead atoms. The quantitative estimate of drug-likeness (QED) is 0.492. The summed E-state index contributed by atoms with van der Waals surface area (Å²) < 4.78 is 26.8. The second-order valence-electron chi connectivity index (χ2n) is 5.23. The molecule has 1 rings (SSSR count). The Kier molecular flexibility index (Phi) is 6.31. The van der Waals surface area contributed by atoms with Crippen LogP contribution >= 0.6 is 0 Å². The summed E-state index contributed by atoms with van der Waals surface area (Å²) in [6.45, 7) is 6.16. The first-order valence-corrected chi connectivity index (χ1v) is 8.14. The van der Waals surface area contributed by atoms with Crippen LogP contribution < -0.4 is 16.0 Å². The minimum Gasteiger partial charge on any atom is -0.292 e. The van der Waals surface area contributed by atoms with E-state index in [2.05, 4.69) is 34.0 Å². The van der Waals surface area contributed by atoms with Crippen LogP contribution in [0.25, 0.3) is 0 Å². The SMILES string of the molecule is CC(C)CCCC(C)NS(=O)(=O)c1cnc(NN)nc1. The third kappa shape index (κ3) is 5.40. The number of nitrogens with zero attached hydrogens (tertiary/aromatic N) is 2. The molecule has 1 heterocycles. The van der Waals surface area contributed by atoms with Crippen molar-refractivity contribution in [3.05, 3.63) is 12.4 Å². The van der Waals surface area contributed by atoms with Crippen molar-refractivity contribution in [3.63, 3.8) is 0 Å². The molecule has 1 atom stereocenters. The first-order chi connectivity index (χ1) is 9.35. The van der Waals surface area contributed by atoms with Crippen LogP contribution in [0, 0.1) is 5.92 Å². The van der Waals surface area contributed by atoms with E-state index in [0.717, 1.165) is 19.3 Å². The fraction of sp³-hybridized carbons (Fsp3) is 0.667. The molecule has 0 aliphatic rings. The van der Waals surface area contributed by atoms with Gasteiger partial charge in [-0.25, -0.2) is 29.0 Å².